The quantitative estimate of drug-likeness (QED) is 0.295. The summed E-state index contributed by atoms with van der Waals surface area (Å²) >= 11 is 0. The smallest absolute Gasteiger partial charge is 0.191 e. The predicted molar refractivity (Wildman–Crippen MR) is 111 cm³/mol. The first-order valence-corrected chi connectivity index (χ1v) is 8.32. The third-order valence-corrected chi connectivity index (χ3v) is 3.89. The van der Waals surface area contributed by atoms with Crippen molar-refractivity contribution in [3.05, 3.63) is 59.9 Å². The Morgan fingerprint density at radius 2 is 2.08 bits per heavy atom. The Bertz CT molecular complexity index is 717. The first kappa shape index (κ1) is 20.3. The summed E-state index contributed by atoms with van der Waals surface area (Å²) in [6, 6.07) is 14.2. The van der Waals surface area contributed by atoms with Gasteiger partial charge in [0.05, 0.1) is 13.1 Å². The monoisotopic (exact) mass is 471 g/mol. The number of halogens is 2. The minimum Gasteiger partial charge on any atom is -0.492 e. The molecule has 0 radical (unpaired) electrons. The molecule has 1 heterocycles. The molecular weight excluding hydrogens is 448 g/mol. The van der Waals surface area contributed by atoms with E-state index in [0.29, 0.717) is 31.4 Å². The predicted octanol–water partition coefficient (Wildman–Crippen LogP) is 2.99. The van der Waals surface area contributed by atoms with Gasteiger partial charge in [-0.1, -0.05) is 24.3 Å². The molecule has 7 heteroatoms. The lowest BCUT2D eigenvalue weighted by atomic mass is 10.1. The van der Waals surface area contributed by atoms with Crippen molar-refractivity contribution in [2.75, 3.05) is 26.7 Å². The van der Waals surface area contributed by atoms with Crippen LogP contribution in [-0.2, 0) is 6.42 Å². The van der Waals surface area contributed by atoms with Gasteiger partial charge in [-0.3, -0.25) is 4.99 Å². The highest BCUT2D eigenvalue weighted by molar-refractivity contribution is 14.0. The summed E-state index contributed by atoms with van der Waals surface area (Å²) in [5, 5.41) is 6.42. The second-order valence-electron chi connectivity index (χ2n) is 5.74. The minimum atomic E-state index is -0.305. The van der Waals surface area contributed by atoms with Gasteiger partial charge in [-0.05, 0) is 23.8 Å². The van der Waals surface area contributed by atoms with Crippen LogP contribution in [0.5, 0.6) is 11.5 Å². The summed E-state index contributed by atoms with van der Waals surface area (Å²) in [5.41, 5.74) is 1.24. The van der Waals surface area contributed by atoms with Gasteiger partial charge in [-0.25, -0.2) is 4.39 Å². The topological polar surface area (TPSA) is 54.9 Å². The Hall–Kier alpha value is -2.03. The second-order valence-corrected chi connectivity index (χ2v) is 5.74. The Balaban J connectivity index is 0.00000243. The molecule has 0 aromatic heterocycles. The van der Waals surface area contributed by atoms with Crippen LogP contribution in [0.15, 0.2) is 53.5 Å². The molecule has 1 atom stereocenters. The lowest BCUT2D eigenvalue weighted by Crippen LogP contribution is -2.43. The maximum atomic E-state index is 13.1. The number of hydrogen-bond acceptors (Lipinski definition) is 3. The molecule has 0 amide bonds. The van der Waals surface area contributed by atoms with Gasteiger partial charge in [0.2, 0.25) is 0 Å². The van der Waals surface area contributed by atoms with E-state index in [4.69, 9.17) is 9.47 Å². The lowest BCUT2D eigenvalue weighted by molar-refractivity contribution is 0.234. The van der Waals surface area contributed by atoms with Crippen LogP contribution in [0, 0.1) is 5.82 Å². The molecule has 0 aliphatic carbocycles. The normalized spacial score (nSPS) is 15.5. The number of aliphatic imine (C=N–C) groups is 1. The van der Waals surface area contributed by atoms with Gasteiger partial charge in [0.1, 0.15) is 30.0 Å². The van der Waals surface area contributed by atoms with E-state index in [2.05, 4.69) is 21.7 Å². The van der Waals surface area contributed by atoms with Crippen LogP contribution in [0.3, 0.4) is 0 Å². The molecule has 1 aliphatic heterocycles. The molecule has 0 fully saturated rings. The first-order chi connectivity index (χ1) is 12.2. The number of fused-ring (bicyclic) bond motifs is 1. The van der Waals surface area contributed by atoms with Gasteiger partial charge in [-0.2, -0.15) is 0 Å². The number of benzene rings is 2. The third kappa shape index (κ3) is 5.76. The zero-order valence-corrected chi connectivity index (χ0v) is 16.9. The SMILES string of the molecule is CN=C(NCCOc1cccc(F)c1)NCC1Cc2ccccc2O1.I. The molecule has 5 nitrogen and oxygen atoms in total. The lowest BCUT2D eigenvalue weighted by Gasteiger charge is -2.15. The van der Waals surface area contributed by atoms with Gasteiger partial charge in [0, 0.05) is 19.5 Å². The summed E-state index contributed by atoms with van der Waals surface area (Å²) in [5.74, 6) is 1.85. The number of nitrogens with zero attached hydrogens (tertiary/aromatic N) is 1. The van der Waals surface area contributed by atoms with Crippen LogP contribution in [0.2, 0.25) is 0 Å². The first-order valence-electron chi connectivity index (χ1n) is 8.32. The van der Waals surface area contributed by atoms with Gasteiger partial charge >= 0.3 is 0 Å². The summed E-state index contributed by atoms with van der Waals surface area (Å²) in [6.07, 6.45) is 0.988. The number of guanidine groups is 1. The maximum Gasteiger partial charge on any atom is 0.191 e. The van der Waals surface area contributed by atoms with Crippen molar-refractivity contribution in [1.82, 2.24) is 10.6 Å². The Morgan fingerprint density at radius 3 is 2.85 bits per heavy atom. The fraction of sp³-hybridized carbons (Fsp3) is 0.316. The van der Waals surface area contributed by atoms with Crippen molar-refractivity contribution in [3.63, 3.8) is 0 Å². The fourth-order valence-electron chi connectivity index (χ4n) is 2.69. The van der Waals surface area contributed by atoms with Crippen LogP contribution >= 0.6 is 24.0 Å². The molecule has 0 saturated carbocycles. The summed E-state index contributed by atoms with van der Waals surface area (Å²) < 4.78 is 24.5. The molecule has 2 N–H and O–H groups in total. The largest absolute Gasteiger partial charge is 0.492 e. The molecule has 1 aliphatic rings. The van der Waals surface area contributed by atoms with Crippen molar-refractivity contribution < 1.29 is 13.9 Å². The van der Waals surface area contributed by atoms with E-state index in [1.54, 1.807) is 19.2 Å². The van der Waals surface area contributed by atoms with E-state index in [-0.39, 0.29) is 35.9 Å². The molecule has 0 spiro atoms. The number of para-hydroxylation sites is 1. The molecular formula is C19H23FIN3O2. The van der Waals surface area contributed by atoms with Crippen molar-refractivity contribution >= 4 is 29.9 Å². The van der Waals surface area contributed by atoms with E-state index in [1.807, 2.05) is 18.2 Å². The second kappa shape index (κ2) is 10.2. The zero-order chi connectivity index (χ0) is 17.5. The average molecular weight is 471 g/mol. The fourth-order valence-corrected chi connectivity index (χ4v) is 2.69. The standard InChI is InChI=1S/C19H22FN3O2.HI/c1-21-19(22-9-10-24-16-7-4-6-15(20)12-16)23-13-17-11-14-5-2-3-8-18(14)25-17;/h2-8,12,17H,9-11,13H2,1H3,(H2,21,22,23);1H. The van der Waals surface area contributed by atoms with Crippen LogP contribution < -0.4 is 20.1 Å². The van der Waals surface area contributed by atoms with Crippen LogP contribution in [0.25, 0.3) is 0 Å². The zero-order valence-electron chi connectivity index (χ0n) is 14.6. The van der Waals surface area contributed by atoms with Gasteiger partial charge in [-0.15, -0.1) is 24.0 Å². The highest BCUT2D eigenvalue weighted by Crippen LogP contribution is 2.27. The van der Waals surface area contributed by atoms with E-state index in [0.717, 1.165) is 12.2 Å². The maximum absolute atomic E-state index is 13.1. The van der Waals surface area contributed by atoms with Crippen molar-refractivity contribution in [3.8, 4) is 11.5 Å². The van der Waals surface area contributed by atoms with Crippen molar-refractivity contribution in [1.29, 1.82) is 0 Å². The number of hydrogen-bond donors (Lipinski definition) is 2. The third-order valence-electron chi connectivity index (χ3n) is 3.89. The number of nitrogens with one attached hydrogen (secondary N) is 2. The molecule has 0 bridgehead atoms. The van der Waals surface area contributed by atoms with Crippen LogP contribution in [0.4, 0.5) is 4.39 Å². The summed E-state index contributed by atoms with van der Waals surface area (Å²) in [4.78, 5) is 4.18. The average Bonchev–Trinajstić information content (AvgIpc) is 3.04. The van der Waals surface area contributed by atoms with E-state index >= 15 is 0 Å². The minimum absolute atomic E-state index is 0. The van der Waals surface area contributed by atoms with E-state index in [9.17, 15) is 4.39 Å². The number of ether oxygens (including phenoxy) is 2. The van der Waals surface area contributed by atoms with Crippen LogP contribution in [0.1, 0.15) is 5.56 Å². The van der Waals surface area contributed by atoms with Gasteiger partial charge < -0.3 is 20.1 Å². The summed E-state index contributed by atoms with van der Waals surface area (Å²) in [7, 11) is 1.72. The van der Waals surface area contributed by atoms with E-state index in [1.165, 1.54) is 17.7 Å². The molecule has 2 aromatic carbocycles. The molecule has 26 heavy (non-hydrogen) atoms. The molecule has 140 valence electrons. The molecule has 1 unspecified atom stereocenters. The van der Waals surface area contributed by atoms with Gasteiger partial charge in [0.25, 0.3) is 0 Å². The Kier molecular flexibility index (Phi) is 7.96. The Labute approximate surface area is 170 Å². The molecule has 3 rings (SSSR count). The van der Waals surface area contributed by atoms with Crippen molar-refractivity contribution in [2.45, 2.75) is 12.5 Å². The summed E-state index contributed by atoms with van der Waals surface area (Å²) in [6.45, 7) is 1.64. The molecule has 2 aromatic rings. The molecule has 0 saturated heterocycles. The van der Waals surface area contributed by atoms with Crippen molar-refractivity contribution in [2.24, 2.45) is 4.99 Å². The van der Waals surface area contributed by atoms with E-state index < -0.39 is 0 Å². The van der Waals surface area contributed by atoms with Gasteiger partial charge in [0.15, 0.2) is 5.96 Å². The highest BCUT2D eigenvalue weighted by Gasteiger charge is 2.22. The van der Waals surface area contributed by atoms with Crippen LogP contribution in [-0.4, -0.2) is 38.8 Å². The Morgan fingerprint density at radius 1 is 1.23 bits per heavy atom. The number of rotatable bonds is 6. The highest BCUT2D eigenvalue weighted by atomic mass is 127.